The molecule has 9 heteroatoms. The van der Waals surface area contributed by atoms with Gasteiger partial charge in [-0.3, -0.25) is 0 Å². The zero-order valence-electron chi connectivity index (χ0n) is 19.5. The summed E-state index contributed by atoms with van der Waals surface area (Å²) in [5, 5.41) is 17.5. The van der Waals surface area contributed by atoms with Gasteiger partial charge in [0, 0.05) is 24.8 Å². The third-order valence-corrected chi connectivity index (χ3v) is 8.42. The predicted octanol–water partition coefficient (Wildman–Crippen LogP) is 6.22. The van der Waals surface area contributed by atoms with E-state index in [4.69, 9.17) is 21.6 Å². The second kappa shape index (κ2) is 10.0. The smallest absolute Gasteiger partial charge is 0.226 e. The molecular weight excluding hydrogens is 485 g/mol. The van der Waals surface area contributed by atoms with Crippen molar-refractivity contribution in [1.29, 1.82) is 0 Å². The fourth-order valence-corrected chi connectivity index (χ4v) is 6.09. The van der Waals surface area contributed by atoms with Gasteiger partial charge in [-0.2, -0.15) is 4.98 Å². The number of aliphatic hydroxyl groups excluding tert-OH is 1. The summed E-state index contributed by atoms with van der Waals surface area (Å²) >= 11 is 8.27. The molecule has 1 aliphatic rings. The number of para-hydroxylation sites is 1. The van der Waals surface area contributed by atoms with Crippen molar-refractivity contribution in [2.75, 3.05) is 17.2 Å². The van der Waals surface area contributed by atoms with Crippen LogP contribution in [0.15, 0.2) is 48.5 Å². The van der Waals surface area contributed by atoms with Gasteiger partial charge in [-0.25, -0.2) is 14.4 Å². The Hall–Kier alpha value is -2.81. The number of nitrogens with one attached hydrogen (secondary N) is 2. The molecule has 1 saturated carbocycles. The molecule has 2 aromatic carbocycles. The molecule has 5 rings (SSSR count). The van der Waals surface area contributed by atoms with Gasteiger partial charge < -0.3 is 15.7 Å². The number of anilines is 2. The van der Waals surface area contributed by atoms with Crippen molar-refractivity contribution in [2.45, 2.75) is 32.9 Å². The molecule has 0 amide bonds. The third-order valence-electron chi connectivity index (χ3n) is 7.09. The Balaban J connectivity index is 1.52. The first kappa shape index (κ1) is 23.9. The molecular formula is C26H27ClFN5OS. The van der Waals surface area contributed by atoms with Crippen molar-refractivity contribution in [3.8, 4) is 10.6 Å². The summed E-state index contributed by atoms with van der Waals surface area (Å²) in [4.78, 5) is 14.0. The minimum Gasteiger partial charge on any atom is -0.396 e. The summed E-state index contributed by atoms with van der Waals surface area (Å²) in [6.07, 6.45) is 0.831. The molecule has 2 aromatic heterocycles. The molecule has 0 bridgehead atoms. The Kier molecular flexibility index (Phi) is 6.86. The van der Waals surface area contributed by atoms with Crippen molar-refractivity contribution in [1.82, 2.24) is 15.0 Å². The van der Waals surface area contributed by atoms with E-state index in [1.165, 1.54) is 17.4 Å². The Morgan fingerprint density at radius 1 is 1.06 bits per heavy atom. The van der Waals surface area contributed by atoms with E-state index in [1.807, 2.05) is 24.3 Å². The molecule has 0 radical (unpaired) electrons. The van der Waals surface area contributed by atoms with Gasteiger partial charge in [0.15, 0.2) is 0 Å². The molecule has 1 aliphatic carbocycles. The number of halogens is 2. The highest BCUT2D eigenvalue weighted by molar-refractivity contribution is 7.21. The van der Waals surface area contributed by atoms with Crippen molar-refractivity contribution in [2.24, 2.45) is 17.8 Å². The minimum absolute atomic E-state index is 0.112. The summed E-state index contributed by atoms with van der Waals surface area (Å²) in [6.45, 7) is 4.76. The van der Waals surface area contributed by atoms with Crippen molar-refractivity contribution >= 4 is 44.9 Å². The van der Waals surface area contributed by atoms with Crippen LogP contribution in [0.1, 0.15) is 25.8 Å². The second-order valence-corrected chi connectivity index (χ2v) is 10.5. The van der Waals surface area contributed by atoms with Crippen LogP contribution < -0.4 is 10.6 Å². The largest absolute Gasteiger partial charge is 0.396 e. The van der Waals surface area contributed by atoms with E-state index in [1.54, 1.807) is 18.2 Å². The molecule has 1 fully saturated rings. The lowest BCUT2D eigenvalue weighted by Gasteiger charge is -2.22. The molecule has 182 valence electrons. The molecule has 0 saturated heterocycles. The quantitative estimate of drug-likeness (QED) is 0.255. The summed E-state index contributed by atoms with van der Waals surface area (Å²) in [5.74, 6) is 1.53. The van der Waals surface area contributed by atoms with E-state index in [2.05, 4.69) is 29.5 Å². The zero-order chi connectivity index (χ0) is 24.5. The fourth-order valence-electron chi connectivity index (χ4n) is 4.76. The van der Waals surface area contributed by atoms with E-state index in [0.717, 1.165) is 21.6 Å². The molecule has 35 heavy (non-hydrogen) atoms. The van der Waals surface area contributed by atoms with Crippen molar-refractivity contribution in [3.63, 3.8) is 0 Å². The molecule has 6 nitrogen and oxygen atoms in total. The summed E-state index contributed by atoms with van der Waals surface area (Å²) in [7, 11) is 0. The number of nitrogens with zero attached hydrogens (tertiary/aromatic N) is 3. The number of thiazole rings is 1. The average molecular weight is 512 g/mol. The van der Waals surface area contributed by atoms with Crippen LogP contribution in [0.3, 0.4) is 0 Å². The third kappa shape index (κ3) is 4.83. The standard InChI is InChI=1S/C26H27ClFN5OS/c1-14-15(2)20(11-17(14)13-34)30-24-22(25-31-19-9-5-6-10-21(19)35-25)23(27)32-26(33-24)29-12-16-7-3-4-8-18(16)28/h3-10,14-15,17,20,34H,11-13H2,1-2H3,(H2,29,30,32,33)/t14-,15+,17+,20+/m0/s1. The lowest BCUT2D eigenvalue weighted by Crippen LogP contribution is -2.25. The highest BCUT2D eigenvalue weighted by Gasteiger charge is 2.38. The maximum atomic E-state index is 14.1. The van der Waals surface area contributed by atoms with Crippen LogP contribution in [0.2, 0.25) is 5.15 Å². The van der Waals surface area contributed by atoms with Gasteiger partial charge >= 0.3 is 0 Å². The summed E-state index contributed by atoms with van der Waals surface area (Å²) in [5.41, 5.74) is 2.05. The lowest BCUT2D eigenvalue weighted by atomic mass is 9.92. The maximum Gasteiger partial charge on any atom is 0.226 e. The zero-order valence-corrected chi connectivity index (χ0v) is 21.1. The number of fused-ring (bicyclic) bond motifs is 1. The van der Waals surface area contributed by atoms with Crippen LogP contribution in [-0.4, -0.2) is 32.7 Å². The number of hydrogen-bond donors (Lipinski definition) is 3. The molecule has 4 atom stereocenters. The van der Waals surface area contributed by atoms with Gasteiger partial charge in [-0.1, -0.05) is 55.8 Å². The van der Waals surface area contributed by atoms with Crippen molar-refractivity contribution < 1.29 is 9.50 Å². The highest BCUT2D eigenvalue weighted by Crippen LogP contribution is 2.42. The molecule has 0 spiro atoms. The van der Waals surface area contributed by atoms with Crippen LogP contribution in [-0.2, 0) is 6.54 Å². The highest BCUT2D eigenvalue weighted by atomic mass is 35.5. The van der Waals surface area contributed by atoms with Crippen LogP contribution >= 0.6 is 22.9 Å². The number of hydrogen-bond acceptors (Lipinski definition) is 7. The van der Waals surface area contributed by atoms with Gasteiger partial charge in [-0.15, -0.1) is 11.3 Å². The number of benzene rings is 2. The molecule has 0 aliphatic heterocycles. The van der Waals surface area contributed by atoms with E-state index in [0.29, 0.717) is 34.7 Å². The first-order valence-corrected chi connectivity index (χ1v) is 12.9. The van der Waals surface area contributed by atoms with Crippen LogP contribution in [0, 0.1) is 23.6 Å². The Bertz CT molecular complexity index is 1320. The minimum atomic E-state index is -0.292. The van der Waals surface area contributed by atoms with Gasteiger partial charge in [-0.05, 0) is 42.4 Å². The SMILES string of the molecule is C[C@@H]1[C@@H](CO)C[C@@H](Nc2nc(NCc3ccccc3F)nc(Cl)c2-c2nc3ccccc3s2)[C@@H]1C. The van der Waals surface area contributed by atoms with Gasteiger partial charge in [0.2, 0.25) is 5.95 Å². The van der Waals surface area contributed by atoms with Gasteiger partial charge in [0.25, 0.3) is 0 Å². The molecule has 0 unspecified atom stereocenters. The average Bonchev–Trinajstić information content (AvgIpc) is 3.39. The first-order chi connectivity index (χ1) is 16.9. The second-order valence-electron chi connectivity index (χ2n) is 9.14. The normalized spacial score (nSPS) is 22.0. The monoisotopic (exact) mass is 511 g/mol. The fraction of sp³-hybridized carbons (Fsp3) is 0.346. The summed E-state index contributed by atoms with van der Waals surface area (Å²) < 4.78 is 15.2. The maximum absolute atomic E-state index is 14.1. The predicted molar refractivity (Wildman–Crippen MR) is 140 cm³/mol. The van der Waals surface area contributed by atoms with E-state index in [-0.39, 0.29) is 36.1 Å². The van der Waals surface area contributed by atoms with Crippen molar-refractivity contribution in [3.05, 3.63) is 65.1 Å². The van der Waals surface area contributed by atoms with E-state index < -0.39 is 0 Å². The van der Waals surface area contributed by atoms with E-state index in [9.17, 15) is 9.50 Å². The lowest BCUT2D eigenvalue weighted by molar-refractivity contribution is 0.191. The van der Waals surface area contributed by atoms with Crippen LogP contribution in [0.4, 0.5) is 16.2 Å². The molecule has 3 N–H and O–H groups in total. The van der Waals surface area contributed by atoms with Crippen LogP contribution in [0.5, 0.6) is 0 Å². The summed E-state index contributed by atoms with van der Waals surface area (Å²) in [6, 6.07) is 14.6. The molecule has 4 aromatic rings. The Labute approximate surface area is 212 Å². The topological polar surface area (TPSA) is 83.0 Å². The molecule has 2 heterocycles. The Morgan fingerprint density at radius 2 is 1.83 bits per heavy atom. The van der Waals surface area contributed by atoms with Gasteiger partial charge in [0.1, 0.15) is 21.8 Å². The Morgan fingerprint density at radius 3 is 2.57 bits per heavy atom. The first-order valence-electron chi connectivity index (χ1n) is 11.7. The van der Waals surface area contributed by atoms with Gasteiger partial charge in [0.05, 0.1) is 15.8 Å². The number of aromatic nitrogens is 3. The number of rotatable bonds is 7. The number of aliphatic hydroxyl groups is 1. The van der Waals surface area contributed by atoms with Crippen LogP contribution in [0.25, 0.3) is 20.8 Å². The van der Waals surface area contributed by atoms with E-state index >= 15 is 0 Å².